The molecule has 0 spiro atoms. The molecule has 88 valence electrons. The maximum absolute atomic E-state index is 11.1. The second-order valence-corrected chi connectivity index (χ2v) is 4.54. The summed E-state index contributed by atoms with van der Waals surface area (Å²) in [4.78, 5) is 11.1. The Hall–Kier alpha value is -1.55. The fourth-order valence-electron chi connectivity index (χ4n) is 1.26. The molecule has 0 aromatic heterocycles. The molecule has 1 aromatic rings. The Labute approximate surface area is 94.5 Å². The molecule has 0 heterocycles. The van der Waals surface area contributed by atoms with Crippen molar-refractivity contribution in [2.24, 2.45) is 0 Å². The summed E-state index contributed by atoms with van der Waals surface area (Å²) in [6, 6.07) is 5.97. The molecule has 0 saturated heterocycles. The predicted molar refractivity (Wildman–Crippen MR) is 59.3 cm³/mol. The van der Waals surface area contributed by atoms with Gasteiger partial charge in [-0.1, -0.05) is 12.1 Å². The molecule has 0 saturated carbocycles. The molecule has 1 unspecified atom stereocenters. The lowest BCUT2D eigenvalue weighted by Gasteiger charge is -2.25. The van der Waals surface area contributed by atoms with Gasteiger partial charge in [-0.25, -0.2) is 4.79 Å². The summed E-state index contributed by atoms with van der Waals surface area (Å²) >= 11 is 0. The number of phenols is 1. The van der Waals surface area contributed by atoms with Crippen LogP contribution in [0.4, 0.5) is 0 Å². The number of aromatic hydroxyl groups is 1. The highest BCUT2D eigenvalue weighted by Gasteiger charge is 2.26. The lowest BCUT2D eigenvalue weighted by Crippen LogP contribution is -2.27. The smallest absolute Gasteiger partial charge is 0.337 e. The minimum Gasteiger partial charge on any atom is -0.508 e. The van der Waals surface area contributed by atoms with Gasteiger partial charge in [-0.05, 0) is 38.5 Å². The summed E-state index contributed by atoms with van der Waals surface area (Å²) in [5.41, 5.74) is -0.0266. The molecule has 1 aromatic carbocycles. The van der Waals surface area contributed by atoms with Gasteiger partial charge in [-0.15, -0.1) is 0 Å². The largest absolute Gasteiger partial charge is 0.508 e. The van der Waals surface area contributed by atoms with E-state index in [1.54, 1.807) is 32.9 Å². The normalized spacial score (nSPS) is 13.4. The first-order chi connectivity index (χ1) is 7.29. The zero-order chi connectivity index (χ0) is 12.3. The summed E-state index contributed by atoms with van der Waals surface area (Å²) in [6.45, 7) is 5.38. The van der Waals surface area contributed by atoms with Crippen LogP contribution in [0.15, 0.2) is 24.3 Å². The van der Waals surface area contributed by atoms with Gasteiger partial charge in [0.1, 0.15) is 5.75 Å². The van der Waals surface area contributed by atoms with Crippen LogP contribution >= 0.6 is 0 Å². The van der Waals surface area contributed by atoms with Gasteiger partial charge in [0, 0.05) is 0 Å². The van der Waals surface area contributed by atoms with Gasteiger partial charge < -0.3 is 14.9 Å². The van der Waals surface area contributed by atoms with Crippen molar-refractivity contribution in [1.29, 1.82) is 0 Å². The molecule has 4 heteroatoms. The highest BCUT2D eigenvalue weighted by Crippen LogP contribution is 2.25. The van der Waals surface area contributed by atoms with E-state index in [0.29, 0.717) is 5.56 Å². The van der Waals surface area contributed by atoms with Crippen LogP contribution in [0.25, 0.3) is 0 Å². The van der Waals surface area contributed by atoms with E-state index in [4.69, 9.17) is 14.9 Å². The Morgan fingerprint density at radius 2 is 1.75 bits per heavy atom. The number of carboxylic acids is 1. The van der Waals surface area contributed by atoms with Crippen LogP contribution in [-0.2, 0) is 9.53 Å². The van der Waals surface area contributed by atoms with Crippen LogP contribution < -0.4 is 0 Å². The van der Waals surface area contributed by atoms with Crippen LogP contribution in [0, 0.1) is 0 Å². The first kappa shape index (κ1) is 12.5. The van der Waals surface area contributed by atoms with Gasteiger partial charge in [0.25, 0.3) is 0 Å². The van der Waals surface area contributed by atoms with Gasteiger partial charge in [0.15, 0.2) is 6.10 Å². The Balaban J connectivity index is 2.94. The number of benzene rings is 1. The van der Waals surface area contributed by atoms with E-state index in [1.165, 1.54) is 12.1 Å². The van der Waals surface area contributed by atoms with Crippen molar-refractivity contribution in [2.75, 3.05) is 0 Å². The molecule has 0 amide bonds. The van der Waals surface area contributed by atoms with Crippen molar-refractivity contribution in [2.45, 2.75) is 32.5 Å². The van der Waals surface area contributed by atoms with Gasteiger partial charge in [0.2, 0.25) is 0 Å². The van der Waals surface area contributed by atoms with E-state index in [-0.39, 0.29) is 5.75 Å². The quantitative estimate of drug-likeness (QED) is 0.826. The number of carbonyl (C=O) groups is 1. The summed E-state index contributed by atoms with van der Waals surface area (Å²) in [6.07, 6.45) is -1.01. The zero-order valence-corrected chi connectivity index (χ0v) is 9.60. The molecule has 0 radical (unpaired) electrons. The molecular formula is C12H16O4. The van der Waals surface area contributed by atoms with E-state index in [1.807, 2.05) is 0 Å². The van der Waals surface area contributed by atoms with Gasteiger partial charge in [-0.2, -0.15) is 0 Å². The number of hydrogen-bond donors (Lipinski definition) is 2. The van der Waals surface area contributed by atoms with Crippen molar-refractivity contribution in [3.63, 3.8) is 0 Å². The monoisotopic (exact) mass is 224 g/mol. The molecule has 0 aliphatic heterocycles. The molecule has 0 fully saturated rings. The molecule has 0 aliphatic carbocycles. The number of phenolic OH excluding ortho intramolecular Hbond substituents is 1. The number of carboxylic acid groups (broad SMARTS) is 1. The molecular weight excluding hydrogens is 208 g/mol. The van der Waals surface area contributed by atoms with E-state index in [2.05, 4.69) is 0 Å². The highest BCUT2D eigenvalue weighted by molar-refractivity contribution is 5.74. The predicted octanol–water partition coefficient (Wildman–Crippen LogP) is 2.33. The topological polar surface area (TPSA) is 66.8 Å². The number of aliphatic carboxylic acids is 1. The van der Waals surface area contributed by atoms with E-state index in [9.17, 15) is 4.79 Å². The minimum absolute atomic E-state index is 0.101. The zero-order valence-electron chi connectivity index (χ0n) is 9.60. The summed E-state index contributed by atoms with van der Waals surface area (Å²) in [5, 5.41) is 18.2. The van der Waals surface area contributed by atoms with Gasteiger partial charge in [0.05, 0.1) is 5.60 Å². The maximum atomic E-state index is 11.1. The molecule has 1 rings (SSSR count). The SMILES string of the molecule is CC(C)(C)OC(C(=O)O)c1ccc(O)cc1. The molecule has 4 nitrogen and oxygen atoms in total. The number of hydrogen-bond acceptors (Lipinski definition) is 3. The molecule has 1 atom stereocenters. The van der Waals surface area contributed by atoms with E-state index < -0.39 is 17.7 Å². The first-order valence-corrected chi connectivity index (χ1v) is 4.99. The number of rotatable bonds is 3. The Kier molecular flexibility index (Phi) is 3.55. The first-order valence-electron chi connectivity index (χ1n) is 4.99. The van der Waals surface area contributed by atoms with Crippen molar-refractivity contribution in [3.05, 3.63) is 29.8 Å². The number of ether oxygens (including phenoxy) is 1. The van der Waals surface area contributed by atoms with E-state index in [0.717, 1.165) is 0 Å². The van der Waals surface area contributed by atoms with Crippen molar-refractivity contribution >= 4 is 5.97 Å². The Morgan fingerprint density at radius 1 is 1.25 bits per heavy atom. The third-order valence-electron chi connectivity index (χ3n) is 1.89. The highest BCUT2D eigenvalue weighted by atomic mass is 16.5. The van der Waals surface area contributed by atoms with Crippen LogP contribution in [0.3, 0.4) is 0 Å². The third kappa shape index (κ3) is 3.55. The van der Waals surface area contributed by atoms with Gasteiger partial charge in [-0.3, -0.25) is 0 Å². The standard InChI is InChI=1S/C12H16O4/c1-12(2,3)16-10(11(14)15)8-4-6-9(13)7-5-8/h4-7,10,13H,1-3H3,(H,14,15). The lowest BCUT2D eigenvalue weighted by atomic mass is 10.1. The average molecular weight is 224 g/mol. The Bertz CT molecular complexity index is 362. The van der Waals surface area contributed by atoms with Crippen LogP contribution in [-0.4, -0.2) is 21.8 Å². The minimum atomic E-state index is -1.04. The molecule has 2 N–H and O–H groups in total. The van der Waals surface area contributed by atoms with Crippen molar-refractivity contribution < 1.29 is 19.7 Å². The van der Waals surface area contributed by atoms with Crippen molar-refractivity contribution in [1.82, 2.24) is 0 Å². The summed E-state index contributed by atoms with van der Waals surface area (Å²) < 4.78 is 5.44. The fourth-order valence-corrected chi connectivity index (χ4v) is 1.26. The van der Waals surface area contributed by atoms with Crippen LogP contribution in [0.2, 0.25) is 0 Å². The lowest BCUT2D eigenvalue weighted by molar-refractivity contribution is -0.160. The molecule has 0 aliphatic rings. The van der Waals surface area contributed by atoms with Crippen molar-refractivity contribution in [3.8, 4) is 5.75 Å². The third-order valence-corrected chi connectivity index (χ3v) is 1.89. The summed E-state index contributed by atoms with van der Waals surface area (Å²) in [5.74, 6) is -0.940. The fraction of sp³-hybridized carbons (Fsp3) is 0.417. The van der Waals surface area contributed by atoms with E-state index >= 15 is 0 Å². The molecule has 0 bridgehead atoms. The van der Waals surface area contributed by atoms with Gasteiger partial charge >= 0.3 is 5.97 Å². The van der Waals surface area contributed by atoms with Crippen LogP contribution in [0.1, 0.15) is 32.4 Å². The average Bonchev–Trinajstić information content (AvgIpc) is 2.14. The van der Waals surface area contributed by atoms with Crippen LogP contribution in [0.5, 0.6) is 5.75 Å². The molecule has 16 heavy (non-hydrogen) atoms. The maximum Gasteiger partial charge on any atom is 0.337 e. The Morgan fingerprint density at radius 3 is 2.12 bits per heavy atom. The second kappa shape index (κ2) is 4.53. The summed E-state index contributed by atoms with van der Waals surface area (Å²) in [7, 11) is 0. The second-order valence-electron chi connectivity index (χ2n) is 4.54.